The molecule has 1 aliphatic carbocycles. The smallest absolute Gasteiger partial charge is 0.00763 e. The Kier molecular flexibility index (Phi) is 3.62. The number of hydrogen-bond acceptors (Lipinski definition) is 0. The first kappa shape index (κ1) is 12.8. The van der Waals surface area contributed by atoms with Gasteiger partial charge in [0, 0.05) is 5.92 Å². The van der Waals surface area contributed by atoms with Crippen LogP contribution in [-0.2, 0) is 6.16 Å². The van der Waals surface area contributed by atoms with Crippen molar-refractivity contribution in [3.63, 3.8) is 0 Å². The third kappa shape index (κ3) is 2.30. The van der Waals surface area contributed by atoms with Gasteiger partial charge in [-0.25, -0.2) is 0 Å². The lowest BCUT2D eigenvalue weighted by molar-refractivity contribution is 0.855. The van der Waals surface area contributed by atoms with Crippen molar-refractivity contribution < 1.29 is 0 Å². The van der Waals surface area contributed by atoms with Crippen LogP contribution in [-0.4, -0.2) is 0 Å². The molecule has 1 aromatic carbocycles. The first-order valence-electron chi connectivity index (χ1n) is 7.27. The van der Waals surface area contributed by atoms with E-state index in [0.29, 0.717) is 5.92 Å². The van der Waals surface area contributed by atoms with Gasteiger partial charge in [0.25, 0.3) is 0 Å². The molecule has 2 atom stereocenters. The van der Waals surface area contributed by atoms with Crippen LogP contribution >= 0.6 is 7.53 Å². The molecule has 0 aliphatic heterocycles. The highest BCUT2D eigenvalue weighted by Gasteiger charge is 2.23. The molecule has 19 heavy (non-hydrogen) atoms. The van der Waals surface area contributed by atoms with Gasteiger partial charge in [0.1, 0.15) is 0 Å². The average Bonchev–Trinajstić information content (AvgIpc) is 3.01. The molecule has 98 valence electrons. The topological polar surface area (TPSA) is 0 Å². The Balaban J connectivity index is 1.95. The van der Waals surface area contributed by atoms with Crippen LogP contribution in [0.25, 0.3) is 11.6 Å². The number of hydrogen-bond donors (Lipinski definition) is 0. The van der Waals surface area contributed by atoms with E-state index in [9.17, 15) is 0 Å². The van der Waals surface area contributed by atoms with Gasteiger partial charge in [-0.2, -0.15) is 0 Å². The van der Waals surface area contributed by atoms with E-state index in [1.165, 1.54) is 30.1 Å². The fraction of sp³-hybridized carbons (Fsp3) is 0.333. The monoisotopic (exact) mass is 268 g/mol. The predicted octanol–water partition coefficient (Wildman–Crippen LogP) is 6.13. The average molecular weight is 268 g/mol. The van der Waals surface area contributed by atoms with Crippen LogP contribution in [0.4, 0.5) is 0 Å². The fourth-order valence-corrected chi connectivity index (χ4v) is 5.36. The fourth-order valence-electron chi connectivity index (χ4n) is 2.99. The normalized spacial score (nSPS) is 18.3. The summed E-state index contributed by atoms with van der Waals surface area (Å²) in [4.78, 5) is 0. The lowest BCUT2D eigenvalue weighted by atomic mass is 9.97. The Bertz CT molecular complexity index is 604. The van der Waals surface area contributed by atoms with E-state index in [4.69, 9.17) is 0 Å². The SMILES string of the molecule is CCCCp1cccc1C1=Cc2ccccc2C1C. The van der Waals surface area contributed by atoms with E-state index in [0.717, 1.165) is 0 Å². The molecule has 0 fully saturated rings. The molecule has 2 aromatic rings. The van der Waals surface area contributed by atoms with Gasteiger partial charge in [-0.15, -0.1) is 7.53 Å². The van der Waals surface area contributed by atoms with E-state index in [1.54, 1.807) is 10.9 Å². The number of allylic oxidation sites excluding steroid dienone is 1. The number of unbranched alkanes of at least 4 members (excludes halogenated alkanes) is 1. The zero-order chi connectivity index (χ0) is 13.2. The van der Waals surface area contributed by atoms with Gasteiger partial charge >= 0.3 is 0 Å². The second-order valence-electron chi connectivity index (χ2n) is 5.39. The zero-order valence-corrected chi connectivity index (χ0v) is 12.7. The Labute approximate surface area is 117 Å². The lowest BCUT2D eigenvalue weighted by Gasteiger charge is -2.13. The van der Waals surface area contributed by atoms with Crippen LogP contribution in [0, 0.1) is 0 Å². The largest absolute Gasteiger partial charge is 0.117 e. The van der Waals surface area contributed by atoms with Gasteiger partial charge in [0.05, 0.1) is 0 Å². The highest BCUT2D eigenvalue weighted by Crippen LogP contribution is 2.49. The van der Waals surface area contributed by atoms with Crippen molar-refractivity contribution in [2.24, 2.45) is 0 Å². The van der Waals surface area contributed by atoms with E-state index < -0.39 is 0 Å². The third-order valence-corrected chi connectivity index (χ3v) is 6.47. The van der Waals surface area contributed by atoms with E-state index in [1.807, 2.05) is 0 Å². The third-order valence-electron chi connectivity index (χ3n) is 4.12. The Morgan fingerprint density at radius 3 is 2.74 bits per heavy atom. The van der Waals surface area contributed by atoms with Crippen LogP contribution in [0.5, 0.6) is 0 Å². The highest BCUT2D eigenvalue weighted by molar-refractivity contribution is 7.49. The predicted molar refractivity (Wildman–Crippen MR) is 86.8 cm³/mol. The van der Waals surface area contributed by atoms with E-state index in [-0.39, 0.29) is 7.53 Å². The van der Waals surface area contributed by atoms with Crippen molar-refractivity contribution in [3.8, 4) is 0 Å². The van der Waals surface area contributed by atoms with Crippen molar-refractivity contribution in [1.29, 1.82) is 0 Å². The maximum atomic E-state index is 2.44. The van der Waals surface area contributed by atoms with Crippen LogP contribution in [0.15, 0.2) is 42.2 Å². The summed E-state index contributed by atoms with van der Waals surface area (Å²) < 4.78 is 0. The summed E-state index contributed by atoms with van der Waals surface area (Å²) in [6.07, 6.45) is 6.42. The maximum Gasteiger partial charge on any atom is 0.00763 e. The van der Waals surface area contributed by atoms with Gasteiger partial charge < -0.3 is 0 Å². The maximum absolute atomic E-state index is 2.44. The van der Waals surface area contributed by atoms with Crippen LogP contribution in [0.2, 0.25) is 0 Å². The summed E-state index contributed by atoms with van der Waals surface area (Å²) in [6, 6.07) is 13.5. The lowest BCUT2D eigenvalue weighted by Crippen LogP contribution is -1.91. The number of rotatable bonds is 4. The zero-order valence-electron chi connectivity index (χ0n) is 11.8. The van der Waals surface area contributed by atoms with E-state index in [2.05, 4.69) is 62.1 Å². The second kappa shape index (κ2) is 5.39. The molecule has 0 amide bonds. The summed E-state index contributed by atoms with van der Waals surface area (Å²) in [6.45, 7) is 4.63. The van der Waals surface area contributed by atoms with Crippen LogP contribution in [0.1, 0.15) is 49.0 Å². The molecule has 0 nitrogen and oxygen atoms in total. The molecular formula is C18H21P. The van der Waals surface area contributed by atoms with Gasteiger partial charge in [0.15, 0.2) is 0 Å². The molecular weight excluding hydrogens is 247 g/mol. The van der Waals surface area contributed by atoms with Gasteiger partial charge in [0.2, 0.25) is 0 Å². The summed E-state index contributed by atoms with van der Waals surface area (Å²) >= 11 is 0. The Hall–Kier alpha value is -1.26. The Morgan fingerprint density at radius 2 is 1.95 bits per heavy atom. The molecule has 1 aromatic heterocycles. The molecule has 1 aliphatic rings. The van der Waals surface area contributed by atoms with Crippen molar-refractivity contribution in [2.45, 2.75) is 38.8 Å². The molecule has 2 unspecified atom stereocenters. The number of benzene rings is 1. The van der Waals surface area contributed by atoms with Crippen LogP contribution < -0.4 is 0 Å². The second-order valence-corrected chi connectivity index (χ2v) is 7.56. The summed E-state index contributed by atoms with van der Waals surface area (Å²) in [7, 11) is -0.0424. The molecule has 1 heteroatoms. The molecule has 0 bridgehead atoms. The minimum atomic E-state index is -0.0424. The summed E-state index contributed by atoms with van der Waals surface area (Å²) in [5, 5.41) is 1.62. The van der Waals surface area contributed by atoms with Crippen molar-refractivity contribution in [2.75, 3.05) is 0 Å². The van der Waals surface area contributed by atoms with Gasteiger partial charge in [-0.1, -0.05) is 56.7 Å². The van der Waals surface area contributed by atoms with Crippen molar-refractivity contribution in [1.82, 2.24) is 0 Å². The molecule has 3 rings (SSSR count). The van der Waals surface area contributed by atoms with Gasteiger partial charge in [-0.3, -0.25) is 0 Å². The first-order chi connectivity index (χ1) is 9.31. The molecule has 0 radical (unpaired) electrons. The quantitative estimate of drug-likeness (QED) is 0.625. The molecule has 0 saturated heterocycles. The van der Waals surface area contributed by atoms with Gasteiger partial charge in [-0.05, 0) is 46.5 Å². The first-order valence-corrected chi connectivity index (χ1v) is 8.87. The summed E-state index contributed by atoms with van der Waals surface area (Å²) in [5.41, 5.74) is 4.48. The van der Waals surface area contributed by atoms with Crippen LogP contribution in [0.3, 0.4) is 0 Å². The standard InChI is InChI=1S/C18H21P/c1-3-4-11-19-12-7-10-18(19)17-13-15-8-5-6-9-16(15)14(17)2/h5-10,12-14H,3-4,11H2,1-2H3. The molecule has 0 spiro atoms. The number of fused-ring (bicyclic) bond motifs is 1. The molecule has 0 N–H and O–H groups in total. The van der Waals surface area contributed by atoms with E-state index >= 15 is 0 Å². The minimum Gasteiger partial charge on any atom is -0.117 e. The number of aryl methyl sites for hydroxylation is 1. The van der Waals surface area contributed by atoms with Crippen molar-refractivity contribution >= 4 is 19.2 Å². The summed E-state index contributed by atoms with van der Waals surface area (Å²) in [5.74, 6) is 3.01. The highest BCUT2D eigenvalue weighted by atomic mass is 31.1. The minimum absolute atomic E-state index is 0.0424. The molecule has 1 heterocycles. The molecule has 0 saturated carbocycles. The Morgan fingerprint density at radius 1 is 1.11 bits per heavy atom. The van der Waals surface area contributed by atoms with Crippen molar-refractivity contribution in [3.05, 3.63) is 58.6 Å².